The van der Waals surface area contributed by atoms with Gasteiger partial charge < -0.3 is 9.64 Å². The molecule has 1 aromatic rings. The molecule has 0 bridgehead atoms. The molecule has 1 atom stereocenters. The predicted molar refractivity (Wildman–Crippen MR) is 66.0 cm³/mol. The Labute approximate surface area is 101 Å². The van der Waals surface area contributed by atoms with Crippen LogP contribution in [0, 0.1) is 0 Å². The number of hydrogen-bond donors (Lipinski definition) is 0. The number of anilines is 1. The maximum atomic E-state index is 11.5. The van der Waals surface area contributed by atoms with Crippen molar-refractivity contribution in [3.05, 3.63) is 29.3 Å². The van der Waals surface area contributed by atoms with Gasteiger partial charge in [0, 0.05) is 17.8 Å². The minimum absolute atomic E-state index is 0.232. The van der Waals surface area contributed by atoms with Crippen molar-refractivity contribution in [2.24, 2.45) is 0 Å². The number of benzene rings is 1. The van der Waals surface area contributed by atoms with E-state index in [1.54, 1.807) is 19.9 Å². The first-order chi connectivity index (χ1) is 7.56. The molecule has 0 aliphatic carbocycles. The van der Waals surface area contributed by atoms with E-state index >= 15 is 0 Å². The van der Waals surface area contributed by atoms with E-state index in [0.717, 1.165) is 5.69 Å². The van der Waals surface area contributed by atoms with Gasteiger partial charge in [-0.25, -0.2) is 4.79 Å². The maximum absolute atomic E-state index is 11.5. The Morgan fingerprint density at radius 2 is 2.25 bits per heavy atom. The molecule has 0 aliphatic rings. The molecule has 0 unspecified atom stereocenters. The van der Waals surface area contributed by atoms with Crippen LogP contribution in [0.15, 0.2) is 24.3 Å². The van der Waals surface area contributed by atoms with Gasteiger partial charge in [-0.05, 0) is 32.0 Å². The van der Waals surface area contributed by atoms with E-state index in [0.29, 0.717) is 11.6 Å². The fourth-order valence-corrected chi connectivity index (χ4v) is 1.52. The van der Waals surface area contributed by atoms with Crippen LogP contribution in [-0.2, 0) is 9.53 Å². The zero-order chi connectivity index (χ0) is 12.1. The third-order valence-electron chi connectivity index (χ3n) is 2.42. The highest BCUT2D eigenvalue weighted by Crippen LogP contribution is 2.20. The highest BCUT2D eigenvalue weighted by atomic mass is 35.5. The summed E-state index contributed by atoms with van der Waals surface area (Å²) in [6.07, 6.45) is 0. The summed E-state index contributed by atoms with van der Waals surface area (Å²) in [5.74, 6) is -0.232. The van der Waals surface area contributed by atoms with E-state index in [9.17, 15) is 4.79 Å². The van der Waals surface area contributed by atoms with E-state index in [-0.39, 0.29) is 12.0 Å². The molecule has 0 fully saturated rings. The van der Waals surface area contributed by atoms with Crippen molar-refractivity contribution < 1.29 is 9.53 Å². The first-order valence-electron chi connectivity index (χ1n) is 5.21. The van der Waals surface area contributed by atoms with Gasteiger partial charge >= 0.3 is 5.97 Å². The summed E-state index contributed by atoms with van der Waals surface area (Å²) in [6.45, 7) is 4.00. The maximum Gasteiger partial charge on any atom is 0.328 e. The topological polar surface area (TPSA) is 29.5 Å². The minimum atomic E-state index is -0.321. The van der Waals surface area contributed by atoms with Crippen molar-refractivity contribution in [3.8, 4) is 0 Å². The average molecular weight is 242 g/mol. The largest absolute Gasteiger partial charge is 0.464 e. The Morgan fingerprint density at radius 3 is 2.81 bits per heavy atom. The number of esters is 1. The van der Waals surface area contributed by atoms with Gasteiger partial charge in [0.25, 0.3) is 0 Å². The van der Waals surface area contributed by atoms with Gasteiger partial charge in [-0.15, -0.1) is 0 Å². The lowest BCUT2D eigenvalue weighted by atomic mass is 10.2. The number of ether oxygens (including phenoxy) is 1. The summed E-state index contributed by atoms with van der Waals surface area (Å²) in [5.41, 5.74) is 0.896. The fraction of sp³-hybridized carbons (Fsp3) is 0.417. The Balaban J connectivity index is 2.77. The lowest BCUT2D eigenvalue weighted by molar-refractivity contribution is -0.144. The first kappa shape index (κ1) is 12.8. The van der Waals surface area contributed by atoms with Crippen LogP contribution in [0.1, 0.15) is 13.8 Å². The molecule has 0 N–H and O–H groups in total. The number of carbonyl (C=O) groups excluding carboxylic acids is 1. The second kappa shape index (κ2) is 5.75. The monoisotopic (exact) mass is 241 g/mol. The number of carbonyl (C=O) groups is 1. The molecule has 0 heterocycles. The molecule has 0 aliphatic heterocycles. The standard InChI is InChI=1S/C12H16ClNO2/c1-4-16-12(15)9(2)14(3)11-7-5-6-10(13)8-11/h5-9H,4H2,1-3H3/t9-/m0/s1. The quantitative estimate of drug-likeness (QED) is 0.760. The second-order valence-corrected chi connectivity index (χ2v) is 3.96. The minimum Gasteiger partial charge on any atom is -0.464 e. The van der Waals surface area contributed by atoms with Crippen molar-refractivity contribution in [1.82, 2.24) is 0 Å². The molecule has 88 valence electrons. The van der Waals surface area contributed by atoms with Crippen LogP contribution in [0.25, 0.3) is 0 Å². The SMILES string of the molecule is CCOC(=O)[C@H](C)N(C)c1cccc(Cl)c1. The Hall–Kier alpha value is -1.22. The molecule has 0 radical (unpaired) electrons. The molecule has 0 amide bonds. The Kier molecular flexibility index (Phi) is 4.62. The Morgan fingerprint density at radius 1 is 1.56 bits per heavy atom. The summed E-state index contributed by atoms with van der Waals surface area (Å²) in [5, 5.41) is 0.653. The smallest absolute Gasteiger partial charge is 0.328 e. The van der Waals surface area contributed by atoms with Gasteiger partial charge in [-0.3, -0.25) is 0 Å². The van der Waals surface area contributed by atoms with Gasteiger partial charge in [0.2, 0.25) is 0 Å². The zero-order valence-corrected chi connectivity index (χ0v) is 10.5. The van der Waals surface area contributed by atoms with Crippen molar-refractivity contribution in [3.63, 3.8) is 0 Å². The van der Waals surface area contributed by atoms with Crippen LogP contribution in [0.3, 0.4) is 0 Å². The summed E-state index contributed by atoms with van der Waals surface area (Å²) in [7, 11) is 1.84. The number of rotatable bonds is 4. The molecule has 0 saturated heterocycles. The van der Waals surface area contributed by atoms with Crippen LogP contribution in [0.4, 0.5) is 5.69 Å². The van der Waals surface area contributed by atoms with Gasteiger partial charge in [0.05, 0.1) is 6.61 Å². The fourth-order valence-electron chi connectivity index (χ4n) is 1.34. The lowest BCUT2D eigenvalue weighted by Gasteiger charge is -2.25. The third kappa shape index (κ3) is 3.14. The molecule has 3 nitrogen and oxygen atoms in total. The molecule has 1 rings (SSSR count). The highest BCUT2D eigenvalue weighted by molar-refractivity contribution is 6.30. The van der Waals surface area contributed by atoms with Crippen molar-refractivity contribution in [2.75, 3.05) is 18.6 Å². The van der Waals surface area contributed by atoms with Crippen molar-refractivity contribution in [2.45, 2.75) is 19.9 Å². The number of halogens is 1. The van der Waals surface area contributed by atoms with Gasteiger partial charge in [0.1, 0.15) is 6.04 Å². The van der Waals surface area contributed by atoms with E-state index in [4.69, 9.17) is 16.3 Å². The Bertz CT molecular complexity index is 368. The van der Waals surface area contributed by atoms with Gasteiger partial charge in [-0.2, -0.15) is 0 Å². The van der Waals surface area contributed by atoms with Crippen LogP contribution >= 0.6 is 11.6 Å². The van der Waals surface area contributed by atoms with Gasteiger partial charge in [0.15, 0.2) is 0 Å². The first-order valence-corrected chi connectivity index (χ1v) is 5.59. The van der Waals surface area contributed by atoms with Crippen LogP contribution < -0.4 is 4.90 Å². The number of hydrogen-bond acceptors (Lipinski definition) is 3. The normalized spacial score (nSPS) is 12.0. The molecule has 16 heavy (non-hydrogen) atoms. The van der Waals surface area contributed by atoms with Crippen molar-refractivity contribution in [1.29, 1.82) is 0 Å². The molecule has 1 aromatic carbocycles. The summed E-state index contributed by atoms with van der Waals surface area (Å²) < 4.78 is 4.96. The predicted octanol–water partition coefficient (Wildman–Crippen LogP) is 2.73. The summed E-state index contributed by atoms with van der Waals surface area (Å²) >= 11 is 5.89. The number of nitrogens with zero attached hydrogens (tertiary/aromatic N) is 1. The molecule has 4 heteroatoms. The van der Waals surface area contributed by atoms with E-state index in [1.165, 1.54) is 0 Å². The van der Waals surface area contributed by atoms with E-state index < -0.39 is 0 Å². The second-order valence-electron chi connectivity index (χ2n) is 3.52. The molecule has 0 aromatic heterocycles. The molecule has 0 saturated carbocycles. The molecular formula is C12H16ClNO2. The number of likely N-dealkylation sites (N-methyl/N-ethyl adjacent to an activating group) is 1. The van der Waals surface area contributed by atoms with Crippen LogP contribution in [0.2, 0.25) is 5.02 Å². The molecular weight excluding hydrogens is 226 g/mol. The van der Waals surface area contributed by atoms with E-state index in [1.807, 2.05) is 30.1 Å². The summed E-state index contributed by atoms with van der Waals surface area (Å²) in [4.78, 5) is 13.4. The zero-order valence-electron chi connectivity index (χ0n) is 9.74. The summed E-state index contributed by atoms with van der Waals surface area (Å²) in [6, 6.07) is 7.05. The average Bonchev–Trinajstić information content (AvgIpc) is 2.27. The van der Waals surface area contributed by atoms with Crippen LogP contribution in [0.5, 0.6) is 0 Å². The van der Waals surface area contributed by atoms with E-state index in [2.05, 4.69) is 0 Å². The third-order valence-corrected chi connectivity index (χ3v) is 2.66. The van der Waals surface area contributed by atoms with Crippen LogP contribution in [-0.4, -0.2) is 25.7 Å². The van der Waals surface area contributed by atoms with Crippen molar-refractivity contribution >= 4 is 23.3 Å². The highest BCUT2D eigenvalue weighted by Gasteiger charge is 2.19. The molecule has 0 spiro atoms. The van der Waals surface area contributed by atoms with Gasteiger partial charge in [-0.1, -0.05) is 17.7 Å². The lowest BCUT2D eigenvalue weighted by Crippen LogP contribution is -2.37.